The van der Waals surface area contributed by atoms with Crippen LogP contribution in [0.3, 0.4) is 0 Å². The van der Waals surface area contributed by atoms with E-state index in [1.165, 1.54) is 6.92 Å². The van der Waals surface area contributed by atoms with Crippen LogP contribution in [0, 0.1) is 24.5 Å². The van der Waals surface area contributed by atoms with Gasteiger partial charge in [-0.25, -0.2) is 8.78 Å². The zero-order chi connectivity index (χ0) is 11.7. The van der Waals surface area contributed by atoms with Crippen LogP contribution in [-0.2, 0) is 9.47 Å². The van der Waals surface area contributed by atoms with Gasteiger partial charge in [0.2, 0.25) is 0 Å². The van der Waals surface area contributed by atoms with Crippen molar-refractivity contribution in [1.29, 1.82) is 0 Å². The summed E-state index contributed by atoms with van der Waals surface area (Å²) in [7, 11) is 0. The predicted molar refractivity (Wildman–Crippen MR) is 54.9 cm³/mol. The van der Waals surface area contributed by atoms with Crippen LogP contribution < -0.4 is 0 Å². The van der Waals surface area contributed by atoms with Crippen molar-refractivity contribution in [3.8, 4) is 0 Å². The van der Waals surface area contributed by atoms with E-state index < -0.39 is 17.9 Å². The average molecular weight is 228 g/mol. The maximum Gasteiger partial charge on any atom is 0.183 e. The van der Waals surface area contributed by atoms with Crippen molar-refractivity contribution in [2.24, 2.45) is 5.92 Å². The Labute approximate surface area is 93.2 Å². The highest BCUT2D eigenvalue weighted by Crippen LogP contribution is 2.27. The molecule has 0 spiro atoms. The first-order valence-corrected chi connectivity index (χ1v) is 5.26. The van der Waals surface area contributed by atoms with E-state index in [1.807, 2.05) is 6.92 Å². The third-order valence-corrected chi connectivity index (χ3v) is 2.57. The van der Waals surface area contributed by atoms with E-state index in [0.29, 0.717) is 24.7 Å². The molecule has 1 aromatic carbocycles. The van der Waals surface area contributed by atoms with Crippen molar-refractivity contribution in [3.05, 3.63) is 34.9 Å². The summed E-state index contributed by atoms with van der Waals surface area (Å²) in [6.07, 6.45) is -0.579. The molecule has 0 unspecified atom stereocenters. The van der Waals surface area contributed by atoms with Gasteiger partial charge in [-0.05, 0) is 24.6 Å². The van der Waals surface area contributed by atoms with Crippen LogP contribution in [0.4, 0.5) is 8.78 Å². The lowest BCUT2D eigenvalue weighted by molar-refractivity contribution is -0.202. The van der Waals surface area contributed by atoms with Crippen LogP contribution in [0.25, 0.3) is 0 Å². The lowest BCUT2D eigenvalue weighted by atomic mass is 10.1. The van der Waals surface area contributed by atoms with Crippen LogP contribution in [-0.4, -0.2) is 13.2 Å². The summed E-state index contributed by atoms with van der Waals surface area (Å²) in [4.78, 5) is 0. The Morgan fingerprint density at radius 2 is 1.81 bits per heavy atom. The van der Waals surface area contributed by atoms with E-state index >= 15 is 0 Å². The first-order chi connectivity index (χ1) is 7.58. The first kappa shape index (κ1) is 11.5. The van der Waals surface area contributed by atoms with Gasteiger partial charge in [0.05, 0.1) is 13.2 Å². The molecule has 2 nitrogen and oxygen atoms in total. The van der Waals surface area contributed by atoms with Gasteiger partial charge >= 0.3 is 0 Å². The van der Waals surface area contributed by atoms with Gasteiger partial charge in [-0.2, -0.15) is 0 Å². The van der Waals surface area contributed by atoms with Crippen LogP contribution in [0.1, 0.15) is 24.3 Å². The van der Waals surface area contributed by atoms with Crippen LogP contribution in [0.15, 0.2) is 12.1 Å². The van der Waals surface area contributed by atoms with Gasteiger partial charge < -0.3 is 9.47 Å². The minimum atomic E-state index is -0.860. The third kappa shape index (κ3) is 2.23. The molecule has 0 aromatic heterocycles. The molecule has 0 bridgehead atoms. The Morgan fingerprint density at radius 3 is 2.38 bits per heavy atom. The van der Waals surface area contributed by atoms with Gasteiger partial charge in [0.1, 0.15) is 0 Å². The molecule has 0 amide bonds. The molecular formula is C12H14F2O2. The molecule has 0 radical (unpaired) electrons. The second-order valence-electron chi connectivity index (χ2n) is 4.24. The SMILES string of the molecule is Cc1cc(C2OCC(C)CO2)cc(F)c1F. The van der Waals surface area contributed by atoms with Crippen LogP contribution in [0.2, 0.25) is 0 Å². The van der Waals surface area contributed by atoms with E-state index in [0.717, 1.165) is 6.07 Å². The molecular weight excluding hydrogens is 214 g/mol. The summed E-state index contributed by atoms with van der Waals surface area (Å²) in [6, 6.07) is 2.68. The Bertz CT molecular complexity index is 362. The van der Waals surface area contributed by atoms with Gasteiger partial charge in [0, 0.05) is 11.5 Å². The molecule has 1 aliphatic rings. The normalized spacial score (nSPS) is 25.8. The number of ether oxygens (including phenoxy) is 2. The maximum absolute atomic E-state index is 13.2. The third-order valence-electron chi connectivity index (χ3n) is 2.57. The van der Waals surface area contributed by atoms with Crippen molar-refractivity contribution >= 4 is 0 Å². The van der Waals surface area contributed by atoms with Gasteiger partial charge in [-0.15, -0.1) is 0 Å². The van der Waals surface area contributed by atoms with E-state index in [-0.39, 0.29) is 5.56 Å². The fourth-order valence-electron chi connectivity index (χ4n) is 1.68. The summed E-state index contributed by atoms with van der Waals surface area (Å²) in [5.74, 6) is -1.34. The number of rotatable bonds is 1. The number of halogens is 2. The minimum absolute atomic E-state index is 0.265. The highest BCUT2D eigenvalue weighted by atomic mass is 19.2. The summed E-state index contributed by atoms with van der Waals surface area (Å²) < 4.78 is 37.1. The monoisotopic (exact) mass is 228 g/mol. The molecule has 0 atom stereocenters. The Balaban J connectivity index is 2.21. The van der Waals surface area contributed by atoms with Gasteiger partial charge in [0.15, 0.2) is 17.9 Å². The van der Waals surface area contributed by atoms with E-state index in [2.05, 4.69) is 0 Å². The summed E-state index contributed by atoms with van der Waals surface area (Å²) in [5.41, 5.74) is 0.795. The highest BCUT2D eigenvalue weighted by Gasteiger charge is 2.22. The lowest BCUT2D eigenvalue weighted by Crippen LogP contribution is -2.25. The van der Waals surface area contributed by atoms with E-state index in [1.54, 1.807) is 6.07 Å². The molecule has 1 saturated heterocycles. The smallest absolute Gasteiger partial charge is 0.183 e. The van der Waals surface area contributed by atoms with Crippen molar-refractivity contribution < 1.29 is 18.3 Å². The quantitative estimate of drug-likeness (QED) is 0.735. The van der Waals surface area contributed by atoms with Crippen LogP contribution in [0.5, 0.6) is 0 Å². The largest absolute Gasteiger partial charge is 0.348 e. The lowest BCUT2D eigenvalue weighted by Gasteiger charge is -2.27. The molecule has 2 rings (SSSR count). The number of hydrogen-bond donors (Lipinski definition) is 0. The molecule has 88 valence electrons. The summed E-state index contributed by atoms with van der Waals surface area (Å²) in [5, 5.41) is 0. The molecule has 0 saturated carbocycles. The Kier molecular flexibility index (Phi) is 3.21. The molecule has 1 heterocycles. The summed E-state index contributed by atoms with van der Waals surface area (Å²) in [6.45, 7) is 4.67. The maximum atomic E-state index is 13.2. The van der Waals surface area contributed by atoms with E-state index in [4.69, 9.17) is 9.47 Å². The van der Waals surface area contributed by atoms with Crippen molar-refractivity contribution in [2.45, 2.75) is 20.1 Å². The first-order valence-electron chi connectivity index (χ1n) is 5.26. The molecule has 1 aromatic rings. The minimum Gasteiger partial charge on any atom is -0.348 e. The van der Waals surface area contributed by atoms with Crippen molar-refractivity contribution in [2.75, 3.05) is 13.2 Å². The summed E-state index contributed by atoms with van der Waals surface area (Å²) >= 11 is 0. The standard InChI is InChI=1S/C12H14F2O2/c1-7-5-15-12(16-6-7)9-3-8(2)11(14)10(13)4-9/h3-4,7,12H,5-6H2,1-2H3. The molecule has 1 aliphatic heterocycles. The Hall–Kier alpha value is -1.00. The second kappa shape index (κ2) is 4.47. The average Bonchev–Trinajstić information content (AvgIpc) is 2.26. The molecule has 16 heavy (non-hydrogen) atoms. The molecule has 4 heteroatoms. The fourth-order valence-corrected chi connectivity index (χ4v) is 1.68. The Morgan fingerprint density at radius 1 is 1.19 bits per heavy atom. The van der Waals surface area contributed by atoms with E-state index in [9.17, 15) is 8.78 Å². The van der Waals surface area contributed by atoms with Crippen molar-refractivity contribution in [1.82, 2.24) is 0 Å². The topological polar surface area (TPSA) is 18.5 Å². The van der Waals surface area contributed by atoms with Gasteiger partial charge in [0.25, 0.3) is 0 Å². The number of hydrogen-bond acceptors (Lipinski definition) is 2. The molecule has 1 fully saturated rings. The van der Waals surface area contributed by atoms with Gasteiger partial charge in [-0.3, -0.25) is 0 Å². The fraction of sp³-hybridized carbons (Fsp3) is 0.500. The zero-order valence-corrected chi connectivity index (χ0v) is 9.30. The number of aryl methyl sites for hydroxylation is 1. The molecule has 0 aliphatic carbocycles. The van der Waals surface area contributed by atoms with Gasteiger partial charge in [-0.1, -0.05) is 6.92 Å². The van der Waals surface area contributed by atoms with Crippen LogP contribution >= 0.6 is 0 Å². The molecule has 0 N–H and O–H groups in total. The number of benzene rings is 1. The predicted octanol–water partition coefficient (Wildman–Crippen LogP) is 2.95. The van der Waals surface area contributed by atoms with Crippen molar-refractivity contribution in [3.63, 3.8) is 0 Å². The highest BCUT2D eigenvalue weighted by molar-refractivity contribution is 5.26. The zero-order valence-electron chi connectivity index (χ0n) is 9.30. The second-order valence-corrected chi connectivity index (χ2v) is 4.24.